The van der Waals surface area contributed by atoms with Crippen LogP contribution in [0.4, 0.5) is 5.69 Å². The molecular formula is C19H23NO4. The summed E-state index contributed by atoms with van der Waals surface area (Å²) in [7, 11) is 0. The number of fused-ring (bicyclic) bond motifs is 1. The third kappa shape index (κ3) is 2.58. The number of aliphatic carboxylic acids is 1. The second kappa shape index (κ2) is 5.96. The lowest BCUT2D eigenvalue weighted by Gasteiger charge is -2.17. The maximum atomic E-state index is 12.0. The van der Waals surface area contributed by atoms with E-state index in [1.807, 2.05) is 20.8 Å². The molecule has 24 heavy (non-hydrogen) atoms. The number of carboxylic acids is 1. The Morgan fingerprint density at radius 1 is 1.29 bits per heavy atom. The molecule has 0 spiro atoms. The number of nitrogens with two attached hydrogens (primary N) is 1. The Labute approximate surface area is 141 Å². The summed E-state index contributed by atoms with van der Waals surface area (Å²) in [4.78, 5) is 23.0. The van der Waals surface area contributed by atoms with Crippen LogP contribution in [-0.4, -0.2) is 17.0 Å². The summed E-state index contributed by atoms with van der Waals surface area (Å²) >= 11 is 0. The quantitative estimate of drug-likeness (QED) is 0.502. The minimum absolute atomic E-state index is 0.111. The van der Waals surface area contributed by atoms with E-state index in [1.54, 1.807) is 0 Å². The Hall–Kier alpha value is -2.30. The topological polar surface area (TPSA) is 89.6 Å². The summed E-state index contributed by atoms with van der Waals surface area (Å²) < 4.78 is 5.15. The van der Waals surface area contributed by atoms with E-state index in [9.17, 15) is 9.59 Å². The predicted molar refractivity (Wildman–Crippen MR) is 90.8 cm³/mol. The van der Waals surface area contributed by atoms with Crippen molar-refractivity contribution in [1.82, 2.24) is 0 Å². The van der Waals surface area contributed by atoms with E-state index in [0.717, 1.165) is 40.7 Å². The summed E-state index contributed by atoms with van der Waals surface area (Å²) in [6, 6.07) is 0. The molecule has 1 unspecified atom stereocenters. The van der Waals surface area contributed by atoms with Gasteiger partial charge >= 0.3 is 11.9 Å². The average molecular weight is 329 g/mol. The van der Waals surface area contributed by atoms with Crippen LogP contribution in [0.5, 0.6) is 0 Å². The van der Waals surface area contributed by atoms with Crippen LogP contribution in [0.3, 0.4) is 0 Å². The fourth-order valence-electron chi connectivity index (χ4n) is 3.96. The zero-order chi connectivity index (χ0) is 17.6. The molecule has 1 heterocycles. The second-order valence-corrected chi connectivity index (χ2v) is 6.87. The Morgan fingerprint density at radius 3 is 2.67 bits per heavy atom. The number of benzene rings is 1. The van der Waals surface area contributed by atoms with Gasteiger partial charge in [0.2, 0.25) is 0 Å². The molecule has 0 saturated heterocycles. The number of nitrogen functional groups attached to an aromatic ring is 1. The smallest absolute Gasteiger partial charge is 0.341 e. The molecule has 1 aromatic rings. The van der Waals surface area contributed by atoms with Crippen molar-refractivity contribution in [3.05, 3.63) is 39.0 Å². The molecule has 1 atom stereocenters. The first kappa shape index (κ1) is 16.6. The van der Waals surface area contributed by atoms with Gasteiger partial charge < -0.3 is 15.6 Å². The van der Waals surface area contributed by atoms with Crippen molar-refractivity contribution in [3.8, 4) is 0 Å². The van der Waals surface area contributed by atoms with E-state index in [1.165, 1.54) is 5.57 Å². The highest BCUT2D eigenvalue weighted by atomic mass is 16.5. The number of carboxylic acid groups (broad SMARTS) is 1. The van der Waals surface area contributed by atoms with Gasteiger partial charge in [0.1, 0.15) is 6.61 Å². The lowest BCUT2D eigenvalue weighted by atomic mass is 9.88. The molecule has 0 aromatic heterocycles. The third-order valence-electron chi connectivity index (χ3n) is 5.69. The van der Waals surface area contributed by atoms with Crippen LogP contribution < -0.4 is 5.73 Å². The van der Waals surface area contributed by atoms with Crippen molar-refractivity contribution < 1.29 is 19.4 Å². The van der Waals surface area contributed by atoms with E-state index in [-0.39, 0.29) is 18.3 Å². The Kier molecular flexibility index (Phi) is 4.11. The van der Waals surface area contributed by atoms with Gasteiger partial charge in [0.05, 0.1) is 17.7 Å². The molecule has 2 aliphatic rings. The zero-order valence-corrected chi connectivity index (χ0v) is 14.4. The van der Waals surface area contributed by atoms with Gasteiger partial charge in [0.25, 0.3) is 0 Å². The van der Waals surface area contributed by atoms with E-state index < -0.39 is 5.97 Å². The number of carbonyl (C=O) groups is 2. The van der Waals surface area contributed by atoms with Crippen LogP contribution in [0.25, 0.3) is 0 Å². The normalized spacial score (nSPS) is 19.6. The number of anilines is 1. The average Bonchev–Trinajstić information content (AvgIpc) is 3.06. The van der Waals surface area contributed by atoms with Crippen molar-refractivity contribution >= 4 is 17.6 Å². The van der Waals surface area contributed by atoms with Crippen molar-refractivity contribution in [2.45, 2.75) is 53.1 Å². The molecule has 0 radical (unpaired) electrons. The third-order valence-corrected chi connectivity index (χ3v) is 5.69. The molecule has 1 aliphatic carbocycles. The number of esters is 1. The summed E-state index contributed by atoms with van der Waals surface area (Å²) in [5.41, 5.74) is 13.8. The van der Waals surface area contributed by atoms with Gasteiger partial charge in [-0.15, -0.1) is 0 Å². The maximum absolute atomic E-state index is 12.0. The van der Waals surface area contributed by atoms with Crippen LogP contribution >= 0.6 is 0 Å². The number of rotatable bonds is 4. The second-order valence-electron chi connectivity index (χ2n) is 6.87. The van der Waals surface area contributed by atoms with E-state index >= 15 is 0 Å². The first-order valence-corrected chi connectivity index (χ1v) is 8.29. The lowest BCUT2D eigenvalue weighted by molar-refractivity contribution is -0.137. The maximum Gasteiger partial charge on any atom is 0.341 e. The fraction of sp³-hybridized carbons (Fsp3) is 0.474. The molecule has 0 bridgehead atoms. The van der Waals surface area contributed by atoms with Crippen molar-refractivity contribution in [1.29, 1.82) is 0 Å². The molecule has 5 nitrogen and oxygen atoms in total. The van der Waals surface area contributed by atoms with Gasteiger partial charge in [-0.25, -0.2) is 4.79 Å². The lowest BCUT2D eigenvalue weighted by Crippen LogP contribution is -2.09. The zero-order valence-electron chi connectivity index (χ0n) is 14.4. The number of allylic oxidation sites excluding steroid dienone is 2. The van der Waals surface area contributed by atoms with Gasteiger partial charge in [0, 0.05) is 5.56 Å². The molecule has 128 valence electrons. The molecule has 0 fully saturated rings. The monoisotopic (exact) mass is 329 g/mol. The van der Waals surface area contributed by atoms with Gasteiger partial charge in [-0.2, -0.15) is 0 Å². The Bertz CT molecular complexity index is 776. The van der Waals surface area contributed by atoms with E-state index in [4.69, 9.17) is 15.6 Å². The predicted octanol–water partition coefficient (Wildman–Crippen LogP) is 3.30. The van der Waals surface area contributed by atoms with Crippen LogP contribution in [0.15, 0.2) is 11.1 Å². The fourth-order valence-corrected chi connectivity index (χ4v) is 3.96. The number of cyclic esters (lactones) is 1. The summed E-state index contributed by atoms with van der Waals surface area (Å²) in [5, 5.41) is 9.03. The summed E-state index contributed by atoms with van der Waals surface area (Å²) in [5.74, 6) is -0.986. The summed E-state index contributed by atoms with van der Waals surface area (Å²) in [6.07, 6.45) is 2.63. The van der Waals surface area contributed by atoms with Gasteiger partial charge in [-0.1, -0.05) is 11.1 Å². The van der Waals surface area contributed by atoms with E-state index in [0.29, 0.717) is 24.3 Å². The first-order valence-electron chi connectivity index (χ1n) is 8.29. The summed E-state index contributed by atoms with van der Waals surface area (Å²) in [6.45, 7) is 6.36. The molecule has 5 heteroatoms. The van der Waals surface area contributed by atoms with Crippen molar-refractivity contribution in [3.63, 3.8) is 0 Å². The number of carbonyl (C=O) groups excluding carboxylic acids is 1. The minimum Gasteiger partial charge on any atom is -0.481 e. The highest BCUT2D eigenvalue weighted by Gasteiger charge is 2.31. The molecule has 0 saturated carbocycles. The van der Waals surface area contributed by atoms with Gasteiger partial charge in [0.15, 0.2) is 0 Å². The minimum atomic E-state index is -0.757. The highest BCUT2D eigenvalue weighted by Crippen LogP contribution is 2.40. The van der Waals surface area contributed by atoms with Gasteiger partial charge in [-0.05, 0) is 62.6 Å². The molecule has 1 aromatic carbocycles. The van der Waals surface area contributed by atoms with Crippen molar-refractivity contribution in [2.24, 2.45) is 5.92 Å². The SMILES string of the molecule is CC1=C(Cc2c(C)c(C)c3c(c2N)C(=O)OC3)CCC1CC(=O)O. The largest absolute Gasteiger partial charge is 0.481 e. The molecule has 1 aliphatic heterocycles. The van der Waals surface area contributed by atoms with Crippen LogP contribution in [0.1, 0.15) is 58.8 Å². The number of ether oxygens (including phenoxy) is 1. The van der Waals surface area contributed by atoms with Crippen LogP contribution in [0, 0.1) is 19.8 Å². The van der Waals surface area contributed by atoms with Crippen molar-refractivity contribution in [2.75, 3.05) is 5.73 Å². The molecular weight excluding hydrogens is 306 g/mol. The standard InChI is InChI=1S/C19H23NO4/c1-9-10(2)15-8-24-19(23)17(15)18(20)14(9)6-12-4-5-13(11(12)3)7-16(21)22/h13H,4-8,20H2,1-3H3,(H,21,22). The van der Waals surface area contributed by atoms with Gasteiger partial charge in [-0.3, -0.25) is 4.79 Å². The first-order chi connectivity index (χ1) is 11.3. The molecule has 3 N–H and O–H groups in total. The van der Waals surface area contributed by atoms with E-state index in [2.05, 4.69) is 0 Å². The highest BCUT2D eigenvalue weighted by molar-refractivity contribution is 6.00. The van der Waals surface area contributed by atoms with Crippen LogP contribution in [-0.2, 0) is 22.6 Å². The number of hydrogen-bond acceptors (Lipinski definition) is 4. The Balaban J connectivity index is 1.99. The van der Waals surface area contributed by atoms with Crippen LogP contribution in [0.2, 0.25) is 0 Å². The molecule has 3 rings (SSSR count). The number of hydrogen-bond donors (Lipinski definition) is 2. The molecule has 0 amide bonds. The Morgan fingerprint density at radius 2 is 2.00 bits per heavy atom.